The molecule has 1 N–H and O–H groups in total. The number of nitrogens with one attached hydrogen (secondary N) is 1. The molecule has 1 unspecified atom stereocenters. The molecule has 0 bridgehead atoms. The van der Waals surface area contributed by atoms with Crippen molar-refractivity contribution in [3.8, 4) is 0 Å². The molecule has 3 nitrogen and oxygen atoms in total. The standard InChI is InChI=1S/C22H24F2N2O/c23-17-8-4-15(5-9-17)21(16-6-10-18(24)11-7-16)3-1-2-20-14-25-22(27)26(20)19-12-13-19/h4-11,19-21H,1-3,12-14H2,(H,25,27). The van der Waals surface area contributed by atoms with Gasteiger partial charge in [0.1, 0.15) is 11.6 Å². The van der Waals surface area contributed by atoms with Gasteiger partial charge in [-0.1, -0.05) is 30.7 Å². The fourth-order valence-electron chi connectivity index (χ4n) is 4.09. The van der Waals surface area contributed by atoms with Crippen LogP contribution < -0.4 is 5.32 Å². The van der Waals surface area contributed by atoms with Crippen LogP contribution in [-0.2, 0) is 0 Å². The lowest BCUT2D eigenvalue weighted by molar-refractivity contribution is 0.196. The van der Waals surface area contributed by atoms with Gasteiger partial charge in [-0.15, -0.1) is 0 Å². The summed E-state index contributed by atoms with van der Waals surface area (Å²) in [6.45, 7) is 0.715. The first-order valence-corrected chi connectivity index (χ1v) is 9.69. The molecule has 0 spiro atoms. The smallest absolute Gasteiger partial charge is 0.318 e. The Labute approximate surface area is 158 Å². The van der Waals surface area contributed by atoms with E-state index in [0.29, 0.717) is 12.6 Å². The molecule has 2 amide bonds. The van der Waals surface area contributed by atoms with Crippen LogP contribution in [0.15, 0.2) is 48.5 Å². The summed E-state index contributed by atoms with van der Waals surface area (Å²) in [6, 6.07) is 13.9. The number of rotatable bonds is 7. The predicted octanol–water partition coefficient (Wildman–Crippen LogP) is 4.82. The molecule has 1 saturated carbocycles. The second kappa shape index (κ2) is 7.67. The Hall–Kier alpha value is -2.43. The van der Waals surface area contributed by atoms with Gasteiger partial charge in [-0.05, 0) is 61.1 Å². The SMILES string of the molecule is O=C1NCC(CCCC(c2ccc(F)cc2)c2ccc(F)cc2)N1C1CC1. The fraction of sp³-hybridized carbons (Fsp3) is 0.409. The van der Waals surface area contributed by atoms with Crippen LogP contribution in [0.5, 0.6) is 0 Å². The van der Waals surface area contributed by atoms with Crippen LogP contribution in [0.1, 0.15) is 49.1 Å². The van der Waals surface area contributed by atoms with Crippen molar-refractivity contribution in [2.45, 2.75) is 50.1 Å². The summed E-state index contributed by atoms with van der Waals surface area (Å²) in [7, 11) is 0. The molecule has 2 fully saturated rings. The predicted molar refractivity (Wildman–Crippen MR) is 101 cm³/mol. The summed E-state index contributed by atoms with van der Waals surface area (Å²) in [5.41, 5.74) is 2.06. The third-order valence-electron chi connectivity index (χ3n) is 5.63. The molecule has 1 atom stereocenters. The number of urea groups is 1. The van der Waals surface area contributed by atoms with Crippen LogP contribution in [0, 0.1) is 11.6 Å². The Kier molecular flexibility index (Phi) is 5.10. The average molecular weight is 370 g/mol. The van der Waals surface area contributed by atoms with E-state index in [-0.39, 0.29) is 29.6 Å². The zero-order valence-electron chi connectivity index (χ0n) is 15.2. The van der Waals surface area contributed by atoms with Gasteiger partial charge in [-0.2, -0.15) is 0 Å². The summed E-state index contributed by atoms with van der Waals surface area (Å²) >= 11 is 0. The lowest BCUT2D eigenvalue weighted by atomic mass is 9.86. The third kappa shape index (κ3) is 4.12. The highest BCUT2D eigenvalue weighted by atomic mass is 19.1. The van der Waals surface area contributed by atoms with Crippen molar-refractivity contribution < 1.29 is 13.6 Å². The topological polar surface area (TPSA) is 32.3 Å². The molecule has 1 aliphatic heterocycles. The number of benzene rings is 2. The molecule has 2 aromatic rings. The van der Waals surface area contributed by atoms with E-state index < -0.39 is 0 Å². The summed E-state index contributed by atoms with van der Waals surface area (Å²) in [6.07, 6.45) is 4.98. The van der Waals surface area contributed by atoms with Crippen molar-refractivity contribution >= 4 is 6.03 Å². The first-order chi connectivity index (χ1) is 13.1. The Morgan fingerprint density at radius 1 is 0.963 bits per heavy atom. The molecule has 1 aliphatic carbocycles. The average Bonchev–Trinajstić information content (AvgIpc) is 3.44. The van der Waals surface area contributed by atoms with Gasteiger partial charge in [0.25, 0.3) is 0 Å². The normalized spacial score (nSPS) is 19.6. The third-order valence-corrected chi connectivity index (χ3v) is 5.63. The summed E-state index contributed by atoms with van der Waals surface area (Å²) < 4.78 is 26.7. The van der Waals surface area contributed by atoms with E-state index in [4.69, 9.17) is 0 Å². The molecule has 27 heavy (non-hydrogen) atoms. The Bertz CT molecular complexity index is 741. The summed E-state index contributed by atoms with van der Waals surface area (Å²) in [5, 5.41) is 2.96. The first kappa shape index (κ1) is 18.0. The van der Waals surface area contributed by atoms with Crippen LogP contribution >= 0.6 is 0 Å². The van der Waals surface area contributed by atoms with Crippen LogP contribution in [-0.4, -0.2) is 29.6 Å². The molecule has 5 heteroatoms. The van der Waals surface area contributed by atoms with Gasteiger partial charge in [-0.25, -0.2) is 13.6 Å². The number of carbonyl (C=O) groups is 1. The van der Waals surface area contributed by atoms with E-state index in [1.165, 1.54) is 24.3 Å². The van der Waals surface area contributed by atoms with Crippen molar-refractivity contribution in [3.05, 3.63) is 71.3 Å². The minimum atomic E-state index is -0.257. The maximum Gasteiger partial charge on any atom is 0.318 e. The molecule has 4 rings (SSSR count). The van der Waals surface area contributed by atoms with Gasteiger partial charge in [-0.3, -0.25) is 0 Å². The van der Waals surface area contributed by atoms with Crippen LogP contribution in [0.2, 0.25) is 0 Å². The van der Waals surface area contributed by atoms with E-state index >= 15 is 0 Å². The van der Waals surface area contributed by atoms with Gasteiger partial charge < -0.3 is 10.2 Å². The molecule has 2 aromatic carbocycles. The number of carbonyl (C=O) groups excluding carboxylic acids is 1. The molecular formula is C22H24F2N2O. The lowest BCUT2D eigenvalue weighted by Gasteiger charge is -2.24. The largest absolute Gasteiger partial charge is 0.336 e. The van der Waals surface area contributed by atoms with Gasteiger partial charge in [0.05, 0.1) is 6.04 Å². The van der Waals surface area contributed by atoms with E-state index in [1.54, 1.807) is 24.3 Å². The molecule has 1 saturated heterocycles. The van der Waals surface area contributed by atoms with Gasteiger partial charge in [0, 0.05) is 18.5 Å². The molecule has 142 valence electrons. The Morgan fingerprint density at radius 2 is 1.52 bits per heavy atom. The number of halogens is 2. The van der Waals surface area contributed by atoms with Crippen LogP contribution in [0.25, 0.3) is 0 Å². The first-order valence-electron chi connectivity index (χ1n) is 9.69. The fourth-order valence-corrected chi connectivity index (χ4v) is 4.09. The monoisotopic (exact) mass is 370 g/mol. The van der Waals surface area contributed by atoms with Gasteiger partial charge >= 0.3 is 6.03 Å². The zero-order valence-corrected chi connectivity index (χ0v) is 15.2. The van der Waals surface area contributed by atoms with Crippen molar-refractivity contribution in [1.82, 2.24) is 10.2 Å². The molecule has 0 aromatic heterocycles. The Balaban J connectivity index is 1.45. The molecule has 1 heterocycles. The number of amides is 2. The molecule has 2 aliphatic rings. The highest BCUT2D eigenvalue weighted by molar-refractivity contribution is 5.77. The summed E-state index contributed by atoms with van der Waals surface area (Å²) in [4.78, 5) is 14.0. The van der Waals surface area contributed by atoms with Crippen molar-refractivity contribution in [3.63, 3.8) is 0 Å². The zero-order chi connectivity index (χ0) is 18.8. The van der Waals surface area contributed by atoms with Crippen molar-refractivity contribution in [2.24, 2.45) is 0 Å². The number of hydrogen-bond donors (Lipinski definition) is 1. The van der Waals surface area contributed by atoms with Crippen molar-refractivity contribution in [2.75, 3.05) is 6.54 Å². The van der Waals surface area contributed by atoms with E-state index in [0.717, 1.165) is 43.2 Å². The second-order valence-corrected chi connectivity index (χ2v) is 7.56. The van der Waals surface area contributed by atoms with Crippen molar-refractivity contribution in [1.29, 1.82) is 0 Å². The maximum absolute atomic E-state index is 13.3. The van der Waals surface area contributed by atoms with E-state index in [2.05, 4.69) is 5.32 Å². The second-order valence-electron chi connectivity index (χ2n) is 7.56. The van der Waals surface area contributed by atoms with Gasteiger partial charge in [0.15, 0.2) is 0 Å². The lowest BCUT2D eigenvalue weighted by Crippen LogP contribution is -2.36. The maximum atomic E-state index is 13.3. The van der Waals surface area contributed by atoms with Gasteiger partial charge in [0.2, 0.25) is 0 Å². The number of hydrogen-bond acceptors (Lipinski definition) is 1. The van der Waals surface area contributed by atoms with Crippen LogP contribution in [0.3, 0.4) is 0 Å². The van der Waals surface area contributed by atoms with Crippen LogP contribution in [0.4, 0.5) is 13.6 Å². The Morgan fingerprint density at radius 3 is 2.04 bits per heavy atom. The quantitative estimate of drug-likeness (QED) is 0.744. The molecular weight excluding hydrogens is 346 g/mol. The number of nitrogens with zero attached hydrogens (tertiary/aromatic N) is 1. The highest BCUT2D eigenvalue weighted by Gasteiger charge is 2.40. The summed E-state index contributed by atoms with van der Waals surface area (Å²) in [5.74, 6) is -0.426. The minimum absolute atomic E-state index is 0.0659. The van der Waals surface area contributed by atoms with E-state index in [1.807, 2.05) is 4.90 Å². The minimum Gasteiger partial charge on any atom is -0.336 e. The highest BCUT2D eigenvalue weighted by Crippen LogP contribution is 2.34. The molecule has 0 radical (unpaired) electrons. The van der Waals surface area contributed by atoms with E-state index in [9.17, 15) is 13.6 Å².